The van der Waals surface area contributed by atoms with E-state index in [2.05, 4.69) is 24.8 Å². The van der Waals surface area contributed by atoms with E-state index in [0.29, 0.717) is 6.04 Å². The summed E-state index contributed by atoms with van der Waals surface area (Å²) in [4.78, 5) is 2.38. The molecule has 94 valence electrons. The Morgan fingerprint density at radius 3 is 2.71 bits per heavy atom. The Hall–Kier alpha value is -1.38. The highest BCUT2D eigenvalue weighted by Gasteiger charge is 2.29. The maximum atomic E-state index is 6.20. The highest BCUT2D eigenvalue weighted by Crippen LogP contribution is 2.38. The summed E-state index contributed by atoms with van der Waals surface area (Å²) in [6.07, 6.45) is 3.57. The van der Waals surface area contributed by atoms with E-state index in [9.17, 15) is 0 Å². The van der Waals surface area contributed by atoms with Crippen LogP contribution in [-0.2, 0) is 0 Å². The molecule has 1 aliphatic carbocycles. The first kappa shape index (κ1) is 12.1. The molecule has 0 spiro atoms. The lowest BCUT2D eigenvalue weighted by Gasteiger charge is -2.25. The molecule has 0 radical (unpaired) electrons. The summed E-state index contributed by atoms with van der Waals surface area (Å²) in [5, 5.41) is 0. The van der Waals surface area contributed by atoms with Crippen LogP contribution in [0.4, 0.5) is 11.4 Å². The van der Waals surface area contributed by atoms with Crippen LogP contribution in [0, 0.1) is 0 Å². The second-order valence-corrected chi connectivity index (χ2v) is 4.55. The molecule has 2 N–H and O–H groups in total. The van der Waals surface area contributed by atoms with Crippen LogP contribution in [0.2, 0.25) is 0 Å². The normalized spacial score (nSPS) is 14.7. The number of nitrogens with zero attached hydrogens (tertiary/aromatic N) is 1. The van der Waals surface area contributed by atoms with Crippen molar-refractivity contribution in [3.63, 3.8) is 0 Å². The highest BCUT2D eigenvalue weighted by atomic mass is 16.5. The molecule has 0 atom stereocenters. The minimum atomic E-state index is 0.684. The van der Waals surface area contributed by atoms with E-state index in [4.69, 9.17) is 10.5 Å². The predicted molar refractivity (Wildman–Crippen MR) is 72.7 cm³/mol. The standard InChI is InChI=1S/C14H22N2O/c1-3-10-17-13-7-5-6-12(14(13)15)16(4-2)11-8-9-11/h5-7,11H,3-4,8-10,15H2,1-2H3. The summed E-state index contributed by atoms with van der Waals surface area (Å²) in [6.45, 7) is 6.01. The number of hydrogen-bond acceptors (Lipinski definition) is 3. The number of nitrogen functional groups attached to an aromatic ring is 1. The number of hydrogen-bond donors (Lipinski definition) is 1. The molecule has 0 aliphatic heterocycles. The first-order valence-corrected chi connectivity index (χ1v) is 6.55. The van der Waals surface area contributed by atoms with Crippen LogP contribution in [0.1, 0.15) is 33.1 Å². The van der Waals surface area contributed by atoms with Gasteiger partial charge in [0.05, 0.1) is 18.0 Å². The Kier molecular flexibility index (Phi) is 3.77. The molecule has 1 saturated carbocycles. The molecule has 0 saturated heterocycles. The zero-order valence-corrected chi connectivity index (χ0v) is 10.8. The summed E-state index contributed by atoms with van der Waals surface area (Å²) >= 11 is 0. The molecule has 17 heavy (non-hydrogen) atoms. The van der Waals surface area contributed by atoms with Gasteiger partial charge in [-0.1, -0.05) is 13.0 Å². The van der Waals surface area contributed by atoms with Crippen molar-refractivity contribution >= 4 is 11.4 Å². The van der Waals surface area contributed by atoms with Gasteiger partial charge >= 0.3 is 0 Å². The second-order valence-electron chi connectivity index (χ2n) is 4.55. The molecule has 0 heterocycles. The van der Waals surface area contributed by atoms with Gasteiger partial charge in [-0.05, 0) is 38.3 Å². The summed E-state index contributed by atoms with van der Waals surface area (Å²) in [5.41, 5.74) is 8.11. The van der Waals surface area contributed by atoms with Gasteiger partial charge in [-0.3, -0.25) is 0 Å². The Labute approximate surface area is 104 Å². The number of para-hydroxylation sites is 1. The summed E-state index contributed by atoms with van der Waals surface area (Å²) in [5.74, 6) is 0.823. The largest absolute Gasteiger partial charge is 0.491 e. The van der Waals surface area contributed by atoms with E-state index in [-0.39, 0.29) is 0 Å². The molecule has 0 unspecified atom stereocenters. The molecule has 0 bridgehead atoms. The molecular formula is C14H22N2O. The molecule has 3 nitrogen and oxygen atoms in total. The van der Waals surface area contributed by atoms with E-state index in [1.165, 1.54) is 12.8 Å². The number of nitrogens with two attached hydrogens (primary N) is 1. The topological polar surface area (TPSA) is 38.5 Å². The van der Waals surface area contributed by atoms with Crippen LogP contribution in [0.3, 0.4) is 0 Å². The number of anilines is 2. The lowest BCUT2D eigenvalue weighted by molar-refractivity contribution is 0.319. The number of rotatable bonds is 6. The average Bonchev–Trinajstić information content (AvgIpc) is 3.15. The molecule has 2 rings (SSSR count). The minimum absolute atomic E-state index is 0.684. The molecule has 0 amide bonds. The lowest BCUT2D eigenvalue weighted by atomic mass is 10.2. The third kappa shape index (κ3) is 2.65. The summed E-state index contributed by atoms with van der Waals surface area (Å²) in [7, 11) is 0. The zero-order chi connectivity index (χ0) is 12.3. The SMILES string of the molecule is CCCOc1cccc(N(CC)C2CC2)c1N. The minimum Gasteiger partial charge on any atom is -0.491 e. The molecule has 0 aromatic heterocycles. The van der Waals surface area contributed by atoms with Crippen LogP contribution in [-0.4, -0.2) is 19.2 Å². The summed E-state index contributed by atoms with van der Waals surface area (Å²) < 4.78 is 5.67. The molecule has 1 aromatic carbocycles. The third-order valence-electron chi connectivity index (χ3n) is 3.14. The maximum absolute atomic E-state index is 6.20. The monoisotopic (exact) mass is 234 g/mol. The molecular weight excluding hydrogens is 212 g/mol. The Morgan fingerprint density at radius 2 is 2.12 bits per heavy atom. The fraction of sp³-hybridized carbons (Fsp3) is 0.571. The van der Waals surface area contributed by atoms with Crippen molar-refractivity contribution in [3.8, 4) is 5.75 Å². The molecule has 1 aromatic rings. The molecule has 1 aliphatic rings. The predicted octanol–water partition coefficient (Wildman–Crippen LogP) is 3.05. The fourth-order valence-electron chi connectivity index (χ4n) is 2.13. The maximum Gasteiger partial charge on any atom is 0.144 e. The first-order valence-electron chi connectivity index (χ1n) is 6.55. The van der Waals surface area contributed by atoms with Crippen LogP contribution in [0.25, 0.3) is 0 Å². The quantitative estimate of drug-likeness (QED) is 0.769. The van der Waals surface area contributed by atoms with Crippen molar-refractivity contribution in [2.24, 2.45) is 0 Å². The molecule has 1 fully saturated rings. The Balaban J connectivity index is 2.20. The second kappa shape index (κ2) is 5.30. The van der Waals surface area contributed by atoms with Gasteiger partial charge in [-0.15, -0.1) is 0 Å². The van der Waals surface area contributed by atoms with Crippen molar-refractivity contribution in [3.05, 3.63) is 18.2 Å². The van der Waals surface area contributed by atoms with Gasteiger partial charge in [0.15, 0.2) is 0 Å². The van der Waals surface area contributed by atoms with Gasteiger partial charge in [-0.2, -0.15) is 0 Å². The van der Waals surface area contributed by atoms with Gasteiger partial charge in [0.2, 0.25) is 0 Å². The van der Waals surface area contributed by atoms with Crippen molar-refractivity contribution in [2.45, 2.75) is 39.2 Å². The van der Waals surface area contributed by atoms with E-state index in [1.54, 1.807) is 0 Å². The smallest absolute Gasteiger partial charge is 0.144 e. The van der Waals surface area contributed by atoms with E-state index >= 15 is 0 Å². The third-order valence-corrected chi connectivity index (χ3v) is 3.14. The van der Waals surface area contributed by atoms with Gasteiger partial charge < -0.3 is 15.4 Å². The highest BCUT2D eigenvalue weighted by molar-refractivity contribution is 5.74. The van der Waals surface area contributed by atoms with Gasteiger partial charge in [-0.25, -0.2) is 0 Å². The van der Waals surface area contributed by atoms with Gasteiger partial charge in [0.25, 0.3) is 0 Å². The van der Waals surface area contributed by atoms with E-state index in [1.807, 2.05) is 12.1 Å². The van der Waals surface area contributed by atoms with Crippen molar-refractivity contribution in [1.82, 2.24) is 0 Å². The lowest BCUT2D eigenvalue weighted by Crippen LogP contribution is -2.26. The summed E-state index contributed by atoms with van der Waals surface area (Å²) in [6, 6.07) is 6.76. The zero-order valence-electron chi connectivity index (χ0n) is 10.8. The Bertz CT molecular complexity index is 374. The molecule has 3 heteroatoms. The van der Waals surface area contributed by atoms with Crippen molar-refractivity contribution in [1.29, 1.82) is 0 Å². The van der Waals surface area contributed by atoms with Crippen molar-refractivity contribution in [2.75, 3.05) is 23.8 Å². The van der Waals surface area contributed by atoms with Gasteiger partial charge in [0.1, 0.15) is 5.75 Å². The number of ether oxygens (including phenoxy) is 1. The first-order chi connectivity index (χ1) is 8.27. The van der Waals surface area contributed by atoms with Crippen LogP contribution >= 0.6 is 0 Å². The van der Waals surface area contributed by atoms with E-state index < -0.39 is 0 Å². The van der Waals surface area contributed by atoms with Crippen molar-refractivity contribution < 1.29 is 4.74 Å². The number of benzene rings is 1. The van der Waals surface area contributed by atoms with Crippen LogP contribution < -0.4 is 15.4 Å². The van der Waals surface area contributed by atoms with Crippen LogP contribution in [0.15, 0.2) is 18.2 Å². The average molecular weight is 234 g/mol. The van der Waals surface area contributed by atoms with Gasteiger partial charge in [0, 0.05) is 12.6 Å². The fourth-order valence-corrected chi connectivity index (χ4v) is 2.13. The van der Waals surface area contributed by atoms with E-state index in [0.717, 1.165) is 36.7 Å². The Morgan fingerprint density at radius 1 is 1.35 bits per heavy atom. The van der Waals surface area contributed by atoms with Crippen LogP contribution in [0.5, 0.6) is 5.75 Å².